The number of unbranched alkanes of at least 4 members (excludes halogenated alkanes) is 1. The number of rotatable bonds is 7. The molecule has 0 rings (SSSR count). The van der Waals surface area contributed by atoms with Gasteiger partial charge in [0.15, 0.2) is 0 Å². The van der Waals surface area contributed by atoms with E-state index in [9.17, 15) is 9.59 Å². The van der Waals surface area contributed by atoms with Crippen LogP contribution in [0, 0.1) is 0 Å². The number of carboxylic acid groups (broad SMARTS) is 1. The highest BCUT2D eigenvalue weighted by atomic mass is 16.4. The van der Waals surface area contributed by atoms with Crippen LogP contribution in [0.3, 0.4) is 0 Å². The van der Waals surface area contributed by atoms with Gasteiger partial charge in [-0.1, -0.05) is 0 Å². The Morgan fingerprint density at radius 3 is 2.43 bits per heavy atom. The number of carbonyl (C=O) groups is 2. The topological polar surface area (TPSA) is 78.4 Å². The van der Waals surface area contributed by atoms with E-state index < -0.39 is 12.0 Å². The van der Waals surface area contributed by atoms with Crippen molar-refractivity contribution >= 4 is 11.9 Å². The molecule has 0 radical (unpaired) electrons. The maximum atomic E-state index is 10.7. The molecule has 14 heavy (non-hydrogen) atoms. The van der Waals surface area contributed by atoms with Gasteiger partial charge in [0, 0.05) is 6.92 Å². The SMILES string of the molecule is CNCCCCC(NC(C)=O)C(=O)O. The van der Waals surface area contributed by atoms with Gasteiger partial charge < -0.3 is 15.7 Å². The van der Waals surface area contributed by atoms with Crippen LogP contribution in [-0.2, 0) is 9.59 Å². The Bertz CT molecular complexity index is 194. The predicted molar refractivity (Wildman–Crippen MR) is 53.0 cm³/mol. The largest absolute Gasteiger partial charge is 0.480 e. The summed E-state index contributed by atoms with van der Waals surface area (Å²) >= 11 is 0. The van der Waals surface area contributed by atoms with Crippen molar-refractivity contribution < 1.29 is 14.7 Å². The highest BCUT2D eigenvalue weighted by Crippen LogP contribution is 2.00. The normalized spacial score (nSPS) is 12.1. The summed E-state index contributed by atoms with van der Waals surface area (Å²) in [5.74, 6) is -1.27. The summed E-state index contributed by atoms with van der Waals surface area (Å²) in [4.78, 5) is 21.3. The molecule has 82 valence electrons. The van der Waals surface area contributed by atoms with Crippen molar-refractivity contribution in [3.8, 4) is 0 Å². The molecular weight excluding hydrogens is 184 g/mol. The molecule has 1 atom stereocenters. The molecule has 0 saturated carbocycles. The van der Waals surface area contributed by atoms with Crippen LogP contribution in [0.5, 0.6) is 0 Å². The minimum Gasteiger partial charge on any atom is -0.480 e. The fourth-order valence-electron chi connectivity index (χ4n) is 1.15. The second kappa shape index (κ2) is 7.32. The van der Waals surface area contributed by atoms with Gasteiger partial charge in [-0.25, -0.2) is 4.79 Å². The van der Waals surface area contributed by atoms with Gasteiger partial charge in [0.25, 0.3) is 0 Å². The molecule has 0 aliphatic heterocycles. The van der Waals surface area contributed by atoms with Crippen LogP contribution in [0.15, 0.2) is 0 Å². The number of hydrogen-bond acceptors (Lipinski definition) is 3. The second-order valence-corrected chi connectivity index (χ2v) is 3.19. The molecule has 0 aromatic carbocycles. The molecule has 5 nitrogen and oxygen atoms in total. The van der Waals surface area contributed by atoms with E-state index in [4.69, 9.17) is 5.11 Å². The highest BCUT2D eigenvalue weighted by molar-refractivity contribution is 5.81. The first-order chi connectivity index (χ1) is 6.57. The number of nitrogens with one attached hydrogen (secondary N) is 2. The molecule has 0 spiro atoms. The van der Waals surface area contributed by atoms with Crippen molar-refractivity contribution in [1.82, 2.24) is 10.6 Å². The molecular formula is C9H18N2O3. The fraction of sp³-hybridized carbons (Fsp3) is 0.778. The van der Waals surface area contributed by atoms with Gasteiger partial charge in [-0.05, 0) is 32.9 Å². The lowest BCUT2D eigenvalue weighted by Gasteiger charge is -2.12. The van der Waals surface area contributed by atoms with Crippen LogP contribution in [0.4, 0.5) is 0 Å². The molecule has 0 aliphatic carbocycles. The Labute approximate surface area is 83.9 Å². The number of carboxylic acids is 1. The van der Waals surface area contributed by atoms with E-state index in [0.717, 1.165) is 19.4 Å². The first kappa shape index (κ1) is 12.9. The van der Waals surface area contributed by atoms with Gasteiger partial charge in [0.2, 0.25) is 5.91 Å². The summed E-state index contributed by atoms with van der Waals surface area (Å²) < 4.78 is 0. The minimum absolute atomic E-state index is 0.300. The molecule has 1 unspecified atom stereocenters. The van der Waals surface area contributed by atoms with Crippen LogP contribution in [0.2, 0.25) is 0 Å². The molecule has 0 aromatic rings. The Morgan fingerprint density at radius 1 is 1.36 bits per heavy atom. The van der Waals surface area contributed by atoms with Crippen LogP contribution in [-0.4, -0.2) is 36.6 Å². The van der Waals surface area contributed by atoms with E-state index >= 15 is 0 Å². The summed E-state index contributed by atoms with van der Waals surface area (Å²) in [6.07, 6.45) is 2.19. The molecule has 0 fully saturated rings. The van der Waals surface area contributed by atoms with Crippen molar-refractivity contribution in [3.63, 3.8) is 0 Å². The number of carbonyl (C=O) groups excluding carboxylic acids is 1. The average Bonchev–Trinajstić information content (AvgIpc) is 2.09. The summed E-state index contributed by atoms with van der Waals surface area (Å²) in [6.45, 7) is 2.19. The maximum absolute atomic E-state index is 10.7. The van der Waals surface area contributed by atoms with E-state index in [-0.39, 0.29) is 5.91 Å². The Kier molecular flexibility index (Phi) is 6.74. The zero-order valence-corrected chi connectivity index (χ0v) is 8.67. The van der Waals surface area contributed by atoms with Gasteiger partial charge >= 0.3 is 5.97 Å². The number of aliphatic carboxylic acids is 1. The number of hydrogen-bond donors (Lipinski definition) is 3. The smallest absolute Gasteiger partial charge is 0.326 e. The second-order valence-electron chi connectivity index (χ2n) is 3.19. The highest BCUT2D eigenvalue weighted by Gasteiger charge is 2.16. The molecule has 0 bridgehead atoms. The van der Waals surface area contributed by atoms with E-state index in [2.05, 4.69) is 10.6 Å². The van der Waals surface area contributed by atoms with Crippen molar-refractivity contribution in [2.24, 2.45) is 0 Å². The van der Waals surface area contributed by atoms with Crippen molar-refractivity contribution in [2.45, 2.75) is 32.2 Å². The monoisotopic (exact) mass is 202 g/mol. The lowest BCUT2D eigenvalue weighted by Crippen LogP contribution is -2.39. The van der Waals surface area contributed by atoms with Crippen molar-refractivity contribution in [1.29, 1.82) is 0 Å². The molecule has 3 N–H and O–H groups in total. The summed E-state index contributed by atoms with van der Waals surface area (Å²) in [7, 11) is 1.85. The lowest BCUT2D eigenvalue weighted by molar-refractivity contribution is -0.141. The standard InChI is InChI=1S/C9H18N2O3/c1-7(12)11-8(9(13)14)5-3-4-6-10-2/h8,10H,3-6H2,1-2H3,(H,11,12)(H,13,14). The summed E-state index contributed by atoms with van der Waals surface area (Å²) in [5.41, 5.74) is 0. The minimum atomic E-state index is -0.968. The Hall–Kier alpha value is -1.10. The Balaban J connectivity index is 3.74. The molecule has 0 heterocycles. The fourth-order valence-corrected chi connectivity index (χ4v) is 1.15. The summed E-state index contributed by atoms with van der Waals surface area (Å²) in [6, 6.07) is -0.746. The van der Waals surface area contributed by atoms with E-state index in [1.165, 1.54) is 6.92 Å². The van der Waals surface area contributed by atoms with E-state index in [1.54, 1.807) is 0 Å². The zero-order valence-electron chi connectivity index (χ0n) is 8.67. The van der Waals surface area contributed by atoms with Crippen LogP contribution in [0.25, 0.3) is 0 Å². The molecule has 1 amide bonds. The van der Waals surface area contributed by atoms with Crippen LogP contribution >= 0.6 is 0 Å². The third-order valence-electron chi connectivity index (χ3n) is 1.85. The third-order valence-corrected chi connectivity index (χ3v) is 1.85. The molecule has 0 saturated heterocycles. The van der Waals surface area contributed by atoms with Gasteiger partial charge in [-0.15, -0.1) is 0 Å². The van der Waals surface area contributed by atoms with E-state index in [1.807, 2.05) is 7.05 Å². The Morgan fingerprint density at radius 2 is 2.00 bits per heavy atom. The average molecular weight is 202 g/mol. The maximum Gasteiger partial charge on any atom is 0.326 e. The van der Waals surface area contributed by atoms with Crippen LogP contribution in [0.1, 0.15) is 26.2 Å². The van der Waals surface area contributed by atoms with Crippen LogP contribution < -0.4 is 10.6 Å². The molecule has 0 aliphatic rings. The third kappa shape index (κ3) is 6.42. The van der Waals surface area contributed by atoms with Crippen molar-refractivity contribution in [3.05, 3.63) is 0 Å². The first-order valence-corrected chi connectivity index (χ1v) is 4.72. The quantitative estimate of drug-likeness (QED) is 0.506. The molecule has 5 heteroatoms. The molecule has 0 aromatic heterocycles. The van der Waals surface area contributed by atoms with Crippen molar-refractivity contribution in [2.75, 3.05) is 13.6 Å². The van der Waals surface area contributed by atoms with Gasteiger partial charge in [-0.2, -0.15) is 0 Å². The van der Waals surface area contributed by atoms with Gasteiger partial charge in [0.05, 0.1) is 0 Å². The van der Waals surface area contributed by atoms with Gasteiger partial charge in [-0.3, -0.25) is 4.79 Å². The van der Waals surface area contributed by atoms with Gasteiger partial charge in [0.1, 0.15) is 6.04 Å². The lowest BCUT2D eigenvalue weighted by atomic mass is 10.1. The summed E-state index contributed by atoms with van der Waals surface area (Å²) in [5, 5.41) is 14.1. The van der Waals surface area contributed by atoms with E-state index in [0.29, 0.717) is 6.42 Å². The first-order valence-electron chi connectivity index (χ1n) is 4.72. The zero-order chi connectivity index (χ0) is 11.0. The number of amides is 1. The predicted octanol–water partition coefficient (Wildman–Crippen LogP) is -0.0346.